The van der Waals surface area contributed by atoms with Crippen LogP contribution in [0.4, 0.5) is 0 Å². The van der Waals surface area contributed by atoms with Gasteiger partial charge in [-0.05, 0) is 30.7 Å². The van der Waals surface area contributed by atoms with Gasteiger partial charge in [0.1, 0.15) is 30.1 Å². The van der Waals surface area contributed by atoms with Gasteiger partial charge in [-0.25, -0.2) is 0 Å². The molecule has 1 aliphatic heterocycles. The molecule has 0 amide bonds. The molecule has 5 heteroatoms. The van der Waals surface area contributed by atoms with E-state index in [0.717, 1.165) is 23.4 Å². The Morgan fingerprint density at radius 3 is 2.61 bits per heavy atom. The van der Waals surface area contributed by atoms with Crippen LogP contribution in [0.25, 0.3) is 22.1 Å². The van der Waals surface area contributed by atoms with Crippen molar-refractivity contribution in [2.75, 3.05) is 13.8 Å². The third-order valence-corrected chi connectivity index (χ3v) is 5.71. The molecule has 1 aromatic heterocycles. The van der Waals surface area contributed by atoms with E-state index in [4.69, 9.17) is 13.9 Å². The lowest BCUT2D eigenvalue weighted by Crippen LogP contribution is -2.31. The highest BCUT2D eigenvalue weighted by Crippen LogP contribution is 2.34. The summed E-state index contributed by atoms with van der Waals surface area (Å²) in [7, 11) is 1.60. The monoisotopic (exact) mass is 413 g/mol. The van der Waals surface area contributed by atoms with Gasteiger partial charge in [0.05, 0.1) is 23.6 Å². The number of ether oxygens (including phenoxy) is 2. The SMILES string of the molecule is COc1ccccc1-c1coc2c3c(ccc2c1=O)OCN(Cc1ccc(C)cc1)C3. The van der Waals surface area contributed by atoms with Gasteiger partial charge in [0.25, 0.3) is 0 Å². The van der Waals surface area contributed by atoms with E-state index in [2.05, 4.69) is 36.1 Å². The second kappa shape index (κ2) is 7.93. The van der Waals surface area contributed by atoms with E-state index in [1.165, 1.54) is 17.4 Å². The van der Waals surface area contributed by atoms with Crippen LogP contribution in [0.15, 0.2) is 76.1 Å². The lowest BCUT2D eigenvalue weighted by molar-refractivity contribution is 0.0890. The molecule has 2 heterocycles. The van der Waals surface area contributed by atoms with Gasteiger partial charge in [-0.3, -0.25) is 9.69 Å². The van der Waals surface area contributed by atoms with Gasteiger partial charge in [-0.1, -0.05) is 48.0 Å². The summed E-state index contributed by atoms with van der Waals surface area (Å²) < 4.78 is 17.4. The van der Waals surface area contributed by atoms with Crippen molar-refractivity contribution in [3.05, 3.63) is 93.8 Å². The Hall–Kier alpha value is -3.57. The molecule has 4 aromatic rings. The fraction of sp³-hybridized carbons (Fsp3) is 0.192. The summed E-state index contributed by atoms with van der Waals surface area (Å²) in [6.07, 6.45) is 1.53. The second-order valence-corrected chi connectivity index (χ2v) is 7.84. The van der Waals surface area contributed by atoms with Crippen molar-refractivity contribution in [1.82, 2.24) is 4.90 Å². The summed E-state index contributed by atoms with van der Waals surface area (Å²) in [6.45, 7) is 3.99. The summed E-state index contributed by atoms with van der Waals surface area (Å²) in [6, 6.07) is 19.6. The Morgan fingerprint density at radius 2 is 1.81 bits per heavy atom. The maximum absolute atomic E-state index is 13.3. The van der Waals surface area contributed by atoms with Gasteiger partial charge < -0.3 is 13.9 Å². The standard InChI is InChI=1S/C26H23NO4/c1-17-7-9-18(10-8-17)13-27-14-21-24(31-16-27)12-11-20-25(28)22(15-30-26(20)21)19-5-3-4-6-23(19)29-2/h3-12,15H,13-14,16H2,1-2H3. The van der Waals surface area contributed by atoms with E-state index in [1.807, 2.05) is 30.3 Å². The summed E-state index contributed by atoms with van der Waals surface area (Å²) in [5, 5.41) is 0.544. The van der Waals surface area contributed by atoms with Crippen LogP contribution in [0.1, 0.15) is 16.7 Å². The lowest BCUT2D eigenvalue weighted by Gasteiger charge is -2.29. The van der Waals surface area contributed by atoms with Gasteiger partial charge >= 0.3 is 0 Å². The lowest BCUT2D eigenvalue weighted by atomic mass is 10.0. The molecule has 5 rings (SSSR count). The topological polar surface area (TPSA) is 51.9 Å². The number of para-hydroxylation sites is 1. The highest BCUT2D eigenvalue weighted by Gasteiger charge is 2.23. The Bertz CT molecular complexity index is 1310. The number of nitrogens with zero attached hydrogens (tertiary/aromatic N) is 1. The predicted octanol–water partition coefficient (Wildman–Crippen LogP) is 5.13. The van der Waals surface area contributed by atoms with Gasteiger partial charge in [-0.2, -0.15) is 0 Å². The molecule has 0 spiro atoms. The Balaban J connectivity index is 1.53. The Labute approximate surface area is 180 Å². The van der Waals surface area contributed by atoms with Crippen LogP contribution in [0, 0.1) is 6.92 Å². The number of rotatable bonds is 4. The molecule has 0 saturated heterocycles. The molecular weight excluding hydrogens is 390 g/mol. The second-order valence-electron chi connectivity index (χ2n) is 7.84. The zero-order valence-corrected chi connectivity index (χ0v) is 17.6. The van der Waals surface area contributed by atoms with Crippen LogP contribution in [0.5, 0.6) is 11.5 Å². The van der Waals surface area contributed by atoms with Crippen molar-refractivity contribution in [3.8, 4) is 22.6 Å². The van der Waals surface area contributed by atoms with Gasteiger partial charge in [-0.15, -0.1) is 0 Å². The molecule has 3 aromatic carbocycles. The fourth-order valence-corrected chi connectivity index (χ4v) is 4.06. The Kier molecular flexibility index (Phi) is 4.96. The number of benzene rings is 3. The molecule has 0 aliphatic carbocycles. The quantitative estimate of drug-likeness (QED) is 0.464. The highest BCUT2D eigenvalue weighted by molar-refractivity contribution is 5.86. The van der Waals surface area contributed by atoms with Gasteiger partial charge in [0.15, 0.2) is 0 Å². The first-order valence-electron chi connectivity index (χ1n) is 10.3. The summed E-state index contributed by atoms with van der Waals surface area (Å²) >= 11 is 0. The third kappa shape index (κ3) is 3.57. The molecular formula is C26H23NO4. The van der Waals surface area contributed by atoms with Crippen molar-refractivity contribution < 1.29 is 13.9 Å². The molecule has 156 valence electrons. The van der Waals surface area contributed by atoms with Crippen LogP contribution >= 0.6 is 0 Å². The third-order valence-electron chi connectivity index (χ3n) is 5.71. The Morgan fingerprint density at radius 1 is 1.00 bits per heavy atom. The summed E-state index contributed by atoms with van der Waals surface area (Å²) in [4.78, 5) is 15.5. The summed E-state index contributed by atoms with van der Waals surface area (Å²) in [5.74, 6) is 1.40. The molecule has 0 unspecified atom stereocenters. The van der Waals surface area contributed by atoms with E-state index in [9.17, 15) is 4.79 Å². The number of methoxy groups -OCH3 is 1. The van der Waals surface area contributed by atoms with E-state index in [-0.39, 0.29) is 5.43 Å². The van der Waals surface area contributed by atoms with Crippen molar-refractivity contribution in [1.29, 1.82) is 0 Å². The average Bonchev–Trinajstić information content (AvgIpc) is 2.81. The zero-order valence-electron chi connectivity index (χ0n) is 17.6. The van der Waals surface area contributed by atoms with Crippen LogP contribution in [-0.2, 0) is 13.1 Å². The predicted molar refractivity (Wildman–Crippen MR) is 120 cm³/mol. The van der Waals surface area contributed by atoms with Crippen LogP contribution in [0.2, 0.25) is 0 Å². The summed E-state index contributed by atoms with van der Waals surface area (Å²) in [5.41, 5.74) is 5.06. The molecule has 0 radical (unpaired) electrons. The van der Waals surface area contributed by atoms with Gasteiger partial charge in [0, 0.05) is 18.7 Å². The zero-order chi connectivity index (χ0) is 21.4. The van der Waals surface area contributed by atoms with Crippen LogP contribution in [-0.4, -0.2) is 18.7 Å². The van der Waals surface area contributed by atoms with Crippen LogP contribution in [0.3, 0.4) is 0 Å². The largest absolute Gasteiger partial charge is 0.496 e. The number of hydrogen-bond acceptors (Lipinski definition) is 5. The van der Waals surface area contributed by atoms with E-state index < -0.39 is 0 Å². The first kappa shape index (κ1) is 19.4. The molecule has 0 N–H and O–H groups in total. The highest BCUT2D eigenvalue weighted by atomic mass is 16.5. The molecule has 5 nitrogen and oxygen atoms in total. The van der Waals surface area contributed by atoms with E-state index >= 15 is 0 Å². The van der Waals surface area contributed by atoms with E-state index in [0.29, 0.717) is 35.6 Å². The maximum Gasteiger partial charge on any atom is 0.200 e. The minimum absolute atomic E-state index is 0.0794. The smallest absolute Gasteiger partial charge is 0.200 e. The molecule has 0 saturated carbocycles. The molecule has 0 fully saturated rings. The molecule has 31 heavy (non-hydrogen) atoms. The molecule has 0 bridgehead atoms. The van der Waals surface area contributed by atoms with Gasteiger partial charge in [0.2, 0.25) is 5.43 Å². The van der Waals surface area contributed by atoms with Crippen molar-refractivity contribution in [2.24, 2.45) is 0 Å². The maximum atomic E-state index is 13.3. The van der Waals surface area contributed by atoms with Crippen LogP contribution < -0.4 is 14.9 Å². The molecule has 1 aliphatic rings. The minimum atomic E-state index is -0.0794. The fourth-order valence-electron chi connectivity index (χ4n) is 4.06. The number of aryl methyl sites for hydroxylation is 1. The number of fused-ring (bicyclic) bond motifs is 3. The first-order chi connectivity index (χ1) is 15.1. The van der Waals surface area contributed by atoms with Crippen molar-refractivity contribution in [2.45, 2.75) is 20.0 Å². The van der Waals surface area contributed by atoms with Crippen molar-refractivity contribution >= 4 is 11.0 Å². The molecule has 0 atom stereocenters. The van der Waals surface area contributed by atoms with Crippen molar-refractivity contribution in [3.63, 3.8) is 0 Å². The van der Waals surface area contributed by atoms with E-state index in [1.54, 1.807) is 13.2 Å². The first-order valence-corrected chi connectivity index (χ1v) is 10.3. The average molecular weight is 413 g/mol. The number of hydrogen-bond donors (Lipinski definition) is 0. The minimum Gasteiger partial charge on any atom is -0.496 e. The normalized spacial score (nSPS) is 13.6.